The van der Waals surface area contributed by atoms with Crippen LogP contribution in [0.5, 0.6) is 0 Å². The first-order chi connectivity index (χ1) is 12.2. The van der Waals surface area contributed by atoms with E-state index < -0.39 is 5.82 Å². The minimum atomic E-state index is -0.487. The molecule has 5 heteroatoms. The van der Waals surface area contributed by atoms with E-state index in [1.165, 1.54) is 17.7 Å². The molecule has 0 aliphatic carbocycles. The Labute approximate surface area is 147 Å². The second-order valence-electron chi connectivity index (χ2n) is 6.16. The van der Waals surface area contributed by atoms with Gasteiger partial charge in [0.05, 0.1) is 18.3 Å². The minimum Gasteiger partial charge on any atom is -0.371 e. The summed E-state index contributed by atoms with van der Waals surface area (Å²) in [5, 5.41) is 2.79. The molecule has 4 nitrogen and oxygen atoms in total. The normalized spacial score (nSPS) is 18.0. The Balaban J connectivity index is 1.42. The zero-order valence-electron chi connectivity index (χ0n) is 14.2. The number of hydrogen-bond donors (Lipinski definition) is 1. The number of nitrogens with one attached hydrogen (secondary N) is 1. The first kappa shape index (κ1) is 17.6. The van der Waals surface area contributed by atoms with E-state index in [0.717, 1.165) is 26.1 Å². The lowest BCUT2D eigenvalue weighted by molar-refractivity contribution is -0.0301. The molecule has 2 aromatic carbocycles. The van der Waals surface area contributed by atoms with Crippen molar-refractivity contribution >= 4 is 5.91 Å². The molecular weight excluding hydrogens is 319 g/mol. The monoisotopic (exact) mass is 342 g/mol. The third kappa shape index (κ3) is 4.87. The van der Waals surface area contributed by atoms with Crippen LogP contribution in [0.2, 0.25) is 0 Å². The van der Waals surface area contributed by atoms with Crippen LogP contribution in [0.15, 0.2) is 54.6 Å². The lowest BCUT2D eigenvalue weighted by Crippen LogP contribution is -2.39. The standard InChI is InChI=1S/C20H23FN2O2/c21-18-10-5-4-9-17(18)20(24)22-11-6-12-23-13-14-25-19(15-23)16-7-2-1-3-8-16/h1-5,7-10,19H,6,11-15H2,(H,22,24)/t19-/m1/s1. The van der Waals surface area contributed by atoms with Gasteiger partial charge in [0.25, 0.3) is 5.91 Å². The highest BCUT2D eigenvalue weighted by Crippen LogP contribution is 2.21. The van der Waals surface area contributed by atoms with Gasteiger partial charge in [-0.1, -0.05) is 42.5 Å². The predicted octanol–water partition coefficient (Wildman–Crippen LogP) is 3.02. The van der Waals surface area contributed by atoms with E-state index in [1.54, 1.807) is 12.1 Å². The molecule has 0 bridgehead atoms. The molecule has 1 aliphatic heterocycles. The number of hydrogen-bond acceptors (Lipinski definition) is 3. The van der Waals surface area contributed by atoms with Crippen LogP contribution in [0, 0.1) is 5.82 Å². The molecule has 0 aromatic heterocycles. The van der Waals surface area contributed by atoms with Gasteiger partial charge in [-0.15, -0.1) is 0 Å². The molecule has 1 saturated heterocycles. The van der Waals surface area contributed by atoms with Crippen LogP contribution in [0.4, 0.5) is 4.39 Å². The van der Waals surface area contributed by atoms with E-state index >= 15 is 0 Å². The van der Waals surface area contributed by atoms with Gasteiger partial charge in [0.15, 0.2) is 0 Å². The Bertz CT molecular complexity index is 693. The van der Waals surface area contributed by atoms with Gasteiger partial charge in [-0.25, -0.2) is 4.39 Å². The van der Waals surface area contributed by atoms with Crippen molar-refractivity contribution in [2.45, 2.75) is 12.5 Å². The van der Waals surface area contributed by atoms with E-state index in [0.29, 0.717) is 13.2 Å². The SMILES string of the molecule is O=C(NCCCN1CCO[C@@H](c2ccccc2)C1)c1ccccc1F. The van der Waals surface area contributed by atoms with Crippen LogP contribution in [0.1, 0.15) is 28.4 Å². The third-order valence-electron chi connectivity index (χ3n) is 4.38. The van der Waals surface area contributed by atoms with Gasteiger partial charge in [0.2, 0.25) is 0 Å². The number of benzene rings is 2. The number of halogens is 1. The summed E-state index contributed by atoms with van der Waals surface area (Å²) < 4.78 is 19.4. The van der Waals surface area contributed by atoms with Crippen molar-refractivity contribution in [3.63, 3.8) is 0 Å². The molecule has 3 rings (SSSR count). The highest BCUT2D eigenvalue weighted by Gasteiger charge is 2.21. The molecule has 1 atom stereocenters. The maximum Gasteiger partial charge on any atom is 0.254 e. The van der Waals surface area contributed by atoms with Gasteiger partial charge < -0.3 is 10.1 Å². The topological polar surface area (TPSA) is 41.6 Å². The van der Waals surface area contributed by atoms with Gasteiger partial charge in [-0.2, -0.15) is 0 Å². The second kappa shape index (κ2) is 8.74. The molecule has 1 fully saturated rings. The Morgan fingerprint density at radius 3 is 2.72 bits per heavy atom. The summed E-state index contributed by atoms with van der Waals surface area (Å²) in [6, 6.07) is 16.3. The Kier molecular flexibility index (Phi) is 6.14. The van der Waals surface area contributed by atoms with Crippen LogP contribution in [0.3, 0.4) is 0 Å². The molecule has 0 unspecified atom stereocenters. The van der Waals surface area contributed by atoms with E-state index in [2.05, 4.69) is 22.3 Å². The van der Waals surface area contributed by atoms with Crippen molar-refractivity contribution in [1.82, 2.24) is 10.2 Å². The van der Waals surface area contributed by atoms with Crippen LogP contribution < -0.4 is 5.32 Å². The molecule has 1 N–H and O–H groups in total. The molecule has 1 heterocycles. The van der Waals surface area contributed by atoms with E-state index in [1.807, 2.05) is 18.2 Å². The van der Waals surface area contributed by atoms with Gasteiger partial charge in [0, 0.05) is 26.2 Å². The number of nitrogens with zero attached hydrogens (tertiary/aromatic N) is 1. The van der Waals surface area contributed by atoms with Crippen molar-refractivity contribution < 1.29 is 13.9 Å². The summed E-state index contributed by atoms with van der Waals surface area (Å²) in [5.74, 6) is -0.846. The largest absolute Gasteiger partial charge is 0.371 e. The van der Waals surface area contributed by atoms with E-state index in [-0.39, 0.29) is 17.6 Å². The fourth-order valence-electron chi connectivity index (χ4n) is 3.02. The Hall–Kier alpha value is -2.24. The maximum atomic E-state index is 13.6. The van der Waals surface area contributed by atoms with Crippen LogP contribution >= 0.6 is 0 Å². The summed E-state index contributed by atoms with van der Waals surface area (Å²) in [7, 11) is 0. The zero-order chi connectivity index (χ0) is 17.5. The summed E-state index contributed by atoms with van der Waals surface area (Å²) in [4.78, 5) is 14.3. The maximum absolute atomic E-state index is 13.6. The predicted molar refractivity (Wildman–Crippen MR) is 94.9 cm³/mol. The lowest BCUT2D eigenvalue weighted by atomic mass is 10.1. The van der Waals surface area contributed by atoms with Crippen molar-refractivity contribution in [1.29, 1.82) is 0 Å². The number of amides is 1. The highest BCUT2D eigenvalue weighted by molar-refractivity contribution is 5.94. The van der Waals surface area contributed by atoms with Gasteiger partial charge in [0.1, 0.15) is 5.82 Å². The summed E-state index contributed by atoms with van der Waals surface area (Å²) in [5.41, 5.74) is 1.29. The molecule has 1 amide bonds. The summed E-state index contributed by atoms with van der Waals surface area (Å²) in [6.45, 7) is 3.86. The van der Waals surface area contributed by atoms with E-state index in [4.69, 9.17) is 4.74 Å². The average Bonchev–Trinajstić information content (AvgIpc) is 2.66. The average molecular weight is 342 g/mol. The fourth-order valence-corrected chi connectivity index (χ4v) is 3.02. The van der Waals surface area contributed by atoms with Crippen molar-refractivity contribution in [3.8, 4) is 0 Å². The molecule has 0 saturated carbocycles. The Morgan fingerprint density at radius 1 is 1.16 bits per heavy atom. The molecule has 25 heavy (non-hydrogen) atoms. The fraction of sp³-hybridized carbons (Fsp3) is 0.350. The minimum absolute atomic E-state index is 0.0954. The Morgan fingerprint density at radius 2 is 1.92 bits per heavy atom. The number of morpholine rings is 1. The van der Waals surface area contributed by atoms with Crippen LogP contribution in [0.25, 0.3) is 0 Å². The first-order valence-electron chi connectivity index (χ1n) is 8.65. The van der Waals surface area contributed by atoms with Gasteiger partial charge >= 0.3 is 0 Å². The van der Waals surface area contributed by atoms with Crippen LogP contribution in [-0.4, -0.2) is 43.6 Å². The molecule has 0 radical (unpaired) electrons. The smallest absolute Gasteiger partial charge is 0.254 e. The molecule has 0 spiro atoms. The quantitative estimate of drug-likeness (QED) is 0.821. The highest BCUT2D eigenvalue weighted by atomic mass is 19.1. The summed E-state index contributed by atoms with van der Waals surface area (Å²) >= 11 is 0. The van der Waals surface area contributed by atoms with Crippen molar-refractivity contribution in [3.05, 3.63) is 71.5 Å². The van der Waals surface area contributed by atoms with E-state index in [9.17, 15) is 9.18 Å². The second-order valence-corrected chi connectivity index (χ2v) is 6.16. The molecule has 1 aliphatic rings. The number of carbonyl (C=O) groups excluding carboxylic acids is 1. The lowest BCUT2D eigenvalue weighted by Gasteiger charge is -2.33. The summed E-state index contributed by atoms with van der Waals surface area (Å²) in [6.07, 6.45) is 0.921. The first-order valence-corrected chi connectivity index (χ1v) is 8.65. The van der Waals surface area contributed by atoms with Crippen molar-refractivity contribution in [2.75, 3.05) is 32.8 Å². The zero-order valence-corrected chi connectivity index (χ0v) is 14.2. The number of ether oxygens (including phenoxy) is 1. The van der Waals surface area contributed by atoms with Gasteiger partial charge in [-0.3, -0.25) is 9.69 Å². The molecular formula is C20H23FN2O2. The van der Waals surface area contributed by atoms with Gasteiger partial charge in [-0.05, 0) is 24.1 Å². The van der Waals surface area contributed by atoms with Crippen LogP contribution in [-0.2, 0) is 4.74 Å². The third-order valence-corrected chi connectivity index (χ3v) is 4.38. The number of carbonyl (C=O) groups is 1. The van der Waals surface area contributed by atoms with Crippen molar-refractivity contribution in [2.24, 2.45) is 0 Å². The number of rotatable bonds is 6. The molecule has 2 aromatic rings. The molecule has 132 valence electrons.